The molecule has 17 heavy (non-hydrogen) atoms. The fourth-order valence-corrected chi connectivity index (χ4v) is 1.77. The number of ether oxygens (including phenoxy) is 1. The summed E-state index contributed by atoms with van der Waals surface area (Å²) in [4.78, 5) is 11.3. The smallest absolute Gasteiger partial charge is 0.330 e. The molecule has 0 aliphatic rings. The summed E-state index contributed by atoms with van der Waals surface area (Å²) in [7, 11) is 0. The molecule has 0 aliphatic carbocycles. The van der Waals surface area contributed by atoms with Crippen LogP contribution in [0.15, 0.2) is 12.2 Å². The number of carbonyl (C=O) groups is 1. The third-order valence-corrected chi connectivity index (χ3v) is 3.11. The van der Waals surface area contributed by atoms with E-state index in [0.717, 1.165) is 6.42 Å². The minimum absolute atomic E-state index is 0.198. The summed E-state index contributed by atoms with van der Waals surface area (Å²) < 4.78 is 5.28. The summed E-state index contributed by atoms with van der Waals surface area (Å²) in [5, 5.41) is 0. The van der Waals surface area contributed by atoms with Gasteiger partial charge in [-0.15, -0.1) is 0 Å². The molecule has 0 N–H and O–H groups in total. The van der Waals surface area contributed by atoms with E-state index in [1.807, 2.05) is 6.92 Å². The van der Waals surface area contributed by atoms with E-state index in [9.17, 15) is 4.79 Å². The Bertz CT molecular complexity index is 236. The molecule has 0 saturated heterocycles. The summed E-state index contributed by atoms with van der Waals surface area (Å²) in [6.45, 7) is 11.2. The van der Waals surface area contributed by atoms with Crippen LogP contribution in [0.2, 0.25) is 0 Å². The number of hydrogen-bond acceptors (Lipinski definition) is 2. The topological polar surface area (TPSA) is 26.3 Å². The molecule has 2 heteroatoms. The van der Waals surface area contributed by atoms with Gasteiger partial charge in [0.2, 0.25) is 0 Å². The second-order valence-corrected chi connectivity index (χ2v) is 5.69. The van der Waals surface area contributed by atoms with E-state index < -0.39 is 0 Å². The van der Waals surface area contributed by atoms with Gasteiger partial charge < -0.3 is 4.74 Å². The Morgan fingerprint density at radius 3 is 2.41 bits per heavy atom. The molecule has 0 fully saturated rings. The Morgan fingerprint density at radius 1 is 1.29 bits per heavy atom. The Balaban J connectivity index is 4.16. The van der Waals surface area contributed by atoms with E-state index in [2.05, 4.69) is 27.7 Å². The molecule has 100 valence electrons. The van der Waals surface area contributed by atoms with E-state index in [0.29, 0.717) is 12.5 Å². The van der Waals surface area contributed by atoms with Crippen LogP contribution in [-0.4, -0.2) is 12.6 Å². The number of rotatable bonds is 7. The first kappa shape index (κ1) is 16.2. The van der Waals surface area contributed by atoms with Gasteiger partial charge in [-0.05, 0) is 24.7 Å². The van der Waals surface area contributed by atoms with Crippen LogP contribution in [0.5, 0.6) is 0 Å². The number of unbranched alkanes of at least 4 members (excludes halogenated alkanes) is 2. The van der Waals surface area contributed by atoms with Crippen molar-refractivity contribution in [3.05, 3.63) is 12.2 Å². The molecule has 0 aliphatic heterocycles. The molecule has 0 bridgehead atoms. The number of carbonyl (C=O) groups excluding carboxylic acids is 1. The first-order valence-corrected chi connectivity index (χ1v) is 6.71. The summed E-state index contributed by atoms with van der Waals surface area (Å²) >= 11 is 0. The fraction of sp³-hybridized carbons (Fsp3) is 0.800. The van der Waals surface area contributed by atoms with Crippen LogP contribution < -0.4 is 0 Å². The summed E-state index contributed by atoms with van der Waals surface area (Å²) in [5.41, 5.74) is 0.198. The largest absolute Gasteiger partial charge is 0.462 e. The van der Waals surface area contributed by atoms with Crippen molar-refractivity contribution < 1.29 is 9.53 Å². The molecule has 0 spiro atoms. The van der Waals surface area contributed by atoms with Crippen molar-refractivity contribution in [1.29, 1.82) is 0 Å². The molecule has 0 aromatic rings. The van der Waals surface area contributed by atoms with Gasteiger partial charge in [0.05, 0.1) is 6.61 Å². The van der Waals surface area contributed by atoms with E-state index in [4.69, 9.17) is 4.74 Å². The predicted molar refractivity (Wildman–Crippen MR) is 72.9 cm³/mol. The molecule has 1 unspecified atom stereocenters. The second kappa shape index (κ2) is 8.32. The van der Waals surface area contributed by atoms with Gasteiger partial charge in [0.15, 0.2) is 0 Å². The Morgan fingerprint density at radius 2 is 1.94 bits per heavy atom. The Hall–Kier alpha value is -0.790. The lowest BCUT2D eigenvalue weighted by Crippen LogP contribution is -2.26. The van der Waals surface area contributed by atoms with Crippen LogP contribution in [0.3, 0.4) is 0 Å². The normalized spacial score (nSPS) is 13.9. The zero-order valence-electron chi connectivity index (χ0n) is 12.1. The van der Waals surface area contributed by atoms with Crippen molar-refractivity contribution in [1.82, 2.24) is 0 Å². The SMILES string of the molecule is CC=CC(=O)OCC(CCCCC)C(C)(C)C. The maximum absolute atomic E-state index is 11.3. The molecule has 0 radical (unpaired) electrons. The summed E-state index contributed by atoms with van der Waals surface area (Å²) in [6, 6.07) is 0. The average Bonchev–Trinajstić information content (AvgIpc) is 2.21. The van der Waals surface area contributed by atoms with Gasteiger partial charge in [0, 0.05) is 6.08 Å². The van der Waals surface area contributed by atoms with E-state index >= 15 is 0 Å². The highest BCUT2D eigenvalue weighted by Gasteiger charge is 2.25. The van der Waals surface area contributed by atoms with Crippen LogP contribution in [0.4, 0.5) is 0 Å². The summed E-state index contributed by atoms with van der Waals surface area (Å²) in [5.74, 6) is 0.223. The van der Waals surface area contributed by atoms with Gasteiger partial charge in [0.1, 0.15) is 0 Å². The van der Waals surface area contributed by atoms with E-state index in [-0.39, 0.29) is 11.4 Å². The molecule has 0 aromatic heterocycles. The van der Waals surface area contributed by atoms with Crippen molar-refractivity contribution in [2.75, 3.05) is 6.61 Å². The zero-order chi connectivity index (χ0) is 13.3. The number of hydrogen-bond donors (Lipinski definition) is 0. The second-order valence-electron chi connectivity index (χ2n) is 5.69. The maximum Gasteiger partial charge on any atom is 0.330 e. The third kappa shape index (κ3) is 8.00. The van der Waals surface area contributed by atoms with E-state index in [1.54, 1.807) is 6.08 Å². The summed E-state index contributed by atoms with van der Waals surface area (Å²) in [6.07, 6.45) is 8.04. The van der Waals surface area contributed by atoms with Gasteiger partial charge in [-0.1, -0.05) is 53.0 Å². The minimum Gasteiger partial charge on any atom is -0.462 e. The molecule has 0 aromatic carbocycles. The molecule has 2 nitrogen and oxygen atoms in total. The monoisotopic (exact) mass is 240 g/mol. The molecular weight excluding hydrogens is 212 g/mol. The van der Waals surface area contributed by atoms with E-state index in [1.165, 1.54) is 25.3 Å². The van der Waals surface area contributed by atoms with Crippen molar-refractivity contribution in [3.8, 4) is 0 Å². The highest BCUT2D eigenvalue weighted by Crippen LogP contribution is 2.30. The highest BCUT2D eigenvalue weighted by molar-refractivity contribution is 5.81. The number of allylic oxidation sites excluding steroid dienone is 1. The van der Waals surface area contributed by atoms with Crippen molar-refractivity contribution in [3.63, 3.8) is 0 Å². The Kier molecular flexibility index (Phi) is 7.94. The van der Waals surface area contributed by atoms with Gasteiger partial charge in [-0.2, -0.15) is 0 Å². The van der Waals surface area contributed by atoms with Gasteiger partial charge in [-0.3, -0.25) is 0 Å². The predicted octanol–water partition coefficient (Wildman–Crippen LogP) is 4.35. The molecule has 0 rings (SSSR count). The lowest BCUT2D eigenvalue weighted by Gasteiger charge is -2.30. The molecule has 0 amide bonds. The quantitative estimate of drug-likeness (QED) is 0.376. The van der Waals surface area contributed by atoms with Crippen LogP contribution in [0.25, 0.3) is 0 Å². The van der Waals surface area contributed by atoms with Gasteiger partial charge >= 0.3 is 5.97 Å². The third-order valence-electron chi connectivity index (χ3n) is 3.11. The Labute approximate surface area is 106 Å². The zero-order valence-corrected chi connectivity index (χ0v) is 12.1. The fourth-order valence-electron chi connectivity index (χ4n) is 1.77. The van der Waals surface area contributed by atoms with Crippen molar-refractivity contribution in [2.45, 2.75) is 60.3 Å². The molecule has 0 heterocycles. The van der Waals surface area contributed by atoms with Crippen LogP contribution in [-0.2, 0) is 9.53 Å². The van der Waals surface area contributed by atoms with Gasteiger partial charge in [0.25, 0.3) is 0 Å². The van der Waals surface area contributed by atoms with Crippen LogP contribution in [0, 0.1) is 11.3 Å². The van der Waals surface area contributed by atoms with Crippen molar-refractivity contribution in [2.24, 2.45) is 11.3 Å². The molecule has 1 atom stereocenters. The minimum atomic E-state index is -0.225. The van der Waals surface area contributed by atoms with Crippen LogP contribution in [0.1, 0.15) is 60.3 Å². The van der Waals surface area contributed by atoms with Crippen molar-refractivity contribution >= 4 is 5.97 Å². The maximum atomic E-state index is 11.3. The molecular formula is C15H28O2. The lowest BCUT2D eigenvalue weighted by molar-refractivity contribution is -0.140. The van der Waals surface area contributed by atoms with Crippen LogP contribution >= 0.6 is 0 Å². The van der Waals surface area contributed by atoms with Gasteiger partial charge in [-0.25, -0.2) is 4.79 Å². The standard InChI is InChI=1S/C15H28O2/c1-6-8-9-11-13(15(3,4)5)12-17-14(16)10-7-2/h7,10,13H,6,8-9,11-12H2,1-5H3. The lowest BCUT2D eigenvalue weighted by atomic mass is 9.78. The number of esters is 1. The molecule has 0 saturated carbocycles. The average molecular weight is 240 g/mol. The highest BCUT2D eigenvalue weighted by atomic mass is 16.5. The first-order chi connectivity index (χ1) is 7.91. The first-order valence-electron chi connectivity index (χ1n) is 6.71.